The van der Waals surface area contributed by atoms with Crippen LogP contribution in [0.15, 0.2) is 16.8 Å². The molecule has 45 heavy (non-hydrogen) atoms. The fourth-order valence-electron chi connectivity index (χ4n) is 11.3. The van der Waals surface area contributed by atoms with Gasteiger partial charge in [0.25, 0.3) is 0 Å². The highest BCUT2D eigenvalue weighted by atomic mass is 32.2. The van der Waals surface area contributed by atoms with Crippen molar-refractivity contribution in [2.45, 2.75) is 141 Å². The monoisotopic (exact) mass is 641 g/mol. The molecule has 4 aliphatic carbocycles. The quantitative estimate of drug-likeness (QED) is 0.0657. The number of ether oxygens (including phenoxy) is 1. The maximum atomic E-state index is 13.2. The molecule has 6 aliphatic rings. The summed E-state index contributed by atoms with van der Waals surface area (Å²) in [5.41, 5.74) is 2.47. The second-order valence-corrected chi connectivity index (χ2v) is 17.7. The van der Waals surface area contributed by atoms with Gasteiger partial charge in [-0.3, -0.25) is 4.79 Å². The van der Waals surface area contributed by atoms with E-state index >= 15 is 0 Å². The third kappa shape index (κ3) is 6.56. The maximum Gasteiger partial charge on any atom is 0.315 e. The Morgan fingerprint density at radius 2 is 1.91 bits per heavy atom. The van der Waals surface area contributed by atoms with E-state index in [2.05, 4.69) is 49.6 Å². The van der Waals surface area contributed by atoms with Crippen LogP contribution in [0.3, 0.4) is 0 Å². The van der Waals surface area contributed by atoms with Crippen molar-refractivity contribution in [3.63, 3.8) is 0 Å². The molecule has 3 saturated carbocycles. The number of hydrogen-bond acceptors (Lipinski definition) is 6. The summed E-state index contributed by atoms with van der Waals surface area (Å²) in [5.74, 6) is 5.32. The second kappa shape index (κ2) is 13.8. The van der Waals surface area contributed by atoms with Crippen LogP contribution in [0.2, 0.25) is 0 Å². The third-order valence-electron chi connectivity index (χ3n) is 13.6. The maximum absolute atomic E-state index is 13.2. The molecule has 0 unspecified atom stereocenters. The van der Waals surface area contributed by atoms with Crippen molar-refractivity contribution in [1.29, 1.82) is 0 Å². The molecule has 2 aliphatic heterocycles. The molecule has 0 aromatic carbocycles. The van der Waals surface area contributed by atoms with E-state index < -0.39 is 0 Å². The molecule has 8 heteroatoms. The topological polar surface area (TPSA) is 100 Å². The van der Waals surface area contributed by atoms with E-state index in [1.807, 2.05) is 11.8 Å². The Bertz CT molecular complexity index is 1160. The van der Waals surface area contributed by atoms with Crippen LogP contribution in [0.1, 0.15) is 124 Å². The summed E-state index contributed by atoms with van der Waals surface area (Å²) in [7, 11) is 0. The van der Waals surface area contributed by atoms with Crippen molar-refractivity contribution in [3.8, 4) is 0 Å². The van der Waals surface area contributed by atoms with Gasteiger partial charge in [-0.25, -0.2) is 4.79 Å². The average Bonchev–Trinajstić information content (AvgIpc) is 3.69. The number of urea groups is 1. The number of carbonyl (C=O) groups excluding carboxylic acids is 2. The Kier molecular flexibility index (Phi) is 10.2. The minimum atomic E-state index is -0.113. The fourth-order valence-corrected chi connectivity index (χ4v) is 12.8. The van der Waals surface area contributed by atoms with Crippen LogP contribution in [-0.2, 0) is 9.53 Å². The SMILES string of the molecule is CC(C)CCC[C@@H](C)[C@H]1CC[C@H]2[C@@H]3CCC4=CC(=NO)CC[C@]4(COC(=O)CCCC[C@@H]4SC[C@@H]5NC(=O)N[C@@H]54)[C@H]3CC[C@]12C. The highest BCUT2D eigenvalue weighted by Gasteiger charge is 2.61. The van der Waals surface area contributed by atoms with Crippen LogP contribution < -0.4 is 10.6 Å². The number of allylic oxidation sites excluding steroid dienone is 1. The highest BCUT2D eigenvalue weighted by Crippen LogP contribution is 2.68. The van der Waals surface area contributed by atoms with Crippen LogP contribution in [-0.4, -0.2) is 52.6 Å². The molecule has 2 saturated heterocycles. The summed E-state index contributed by atoms with van der Waals surface area (Å²) >= 11 is 1.93. The molecule has 2 amide bonds. The van der Waals surface area contributed by atoms with Gasteiger partial charge in [0.15, 0.2) is 0 Å². The summed E-state index contributed by atoms with van der Waals surface area (Å²) in [6.45, 7) is 10.4. The van der Waals surface area contributed by atoms with E-state index in [4.69, 9.17) is 4.74 Å². The molecule has 0 spiro atoms. The predicted octanol–water partition coefficient (Wildman–Crippen LogP) is 8.11. The molecule has 0 radical (unpaired) electrons. The number of carbonyl (C=O) groups is 2. The molecule has 0 aromatic heterocycles. The van der Waals surface area contributed by atoms with E-state index in [1.54, 1.807) is 0 Å². The lowest BCUT2D eigenvalue weighted by atomic mass is 9.46. The summed E-state index contributed by atoms with van der Waals surface area (Å²) in [6, 6.07) is 0.423. The first kappa shape index (κ1) is 33.2. The summed E-state index contributed by atoms with van der Waals surface area (Å²) in [6.07, 6.45) is 18.7. The zero-order valence-corrected chi connectivity index (χ0v) is 29.1. The molecule has 10 atom stereocenters. The number of rotatable bonds is 12. The first-order valence-corrected chi connectivity index (χ1v) is 19.5. The Morgan fingerprint density at radius 3 is 2.71 bits per heavy atom. The van der Waals surface area contributed by atoms with Gasteiger partial charge in [0.1, 0.15) is 6.61 Å². The number of thioether (sulfide) groups is 1. The molecule has 252 valence electrons. The second-order valence-electron chi connectivity index (χ2n) is 16.4. The minimum Gasteiger partial charge on any atom is -0.465 e. The minimum absolute atomic E-state index is 0.0429. The van der Waals surface area contributed by atoms with Gasteiger partial charge in [-0.1, -0.05) is 64.1 Å². The van der Waals surface area contributed by atoms with E-state index in [1.165, 1.54) is 56.9 Å². The fraction of sp³-hybridized carbons (Fsp3) is 0.865. The van der Waals surface area contributed by atoms with Crippen LogP contribution in [0.5, 0.6) is 0 Å². The van der Waals surface area contributed by atoms with Gasteiger partial charge in [0, 0.05) is 22.8 Å². The lowest BCUT2D eigenvalue weighted by Crippen LogP contribution is -2.53. The van der Waals surface area contributed by atoms with Gasteiger partial charge in [0.05, 0.1) is 17.8 Å². The molecule has 0 aromatic rings. The zero-order valence-electron chi connectivity index (χ0n) is 28.3. The Hall–Kier alpha value is -1.70. The standard InChI is InChI=1S/C37H59N3O4S/c1-23(2)8-7-9-24(3)28-14-15-29-27-13-12-25-20-26(40-43)16-19-37(25,30(27)17-18-36(28,29)4)22-44-33(41)11-6-5-10-32-34-31(21-45-32)38-35(42)39-34/h20,23-24,27-32,34,43H,5-19,21-22H2,1-4H3,(H2,38,39,42)/t24-,27+,28-,29+,30+,31+,32+,34+,36-,37-/m1/s1. The number of nitrogens with zero attached hydrogens (tertiary/aromatic N) is 1. The van der Waals surface area contributed by atoms with Crippen molar-refractivity contribution in [1.82, 2.24) is 10.6 Å². The number of unbranched alkanes of at least 4 members (excludes halogenated alkanes) is 1. The molecule has 0 bridgehead atoms. The number of amides is 2. The lowest BCUT2D eigenvalue weighted by Gasteiger charge is -2.59. The summed E-state index contributed by atoms with van der Waals surface area (Å²) < 4.78 is 6.22. The molecule has 5 fully saturated rings. The zero-order chi connectivity index (χ0) is 31.8. The Labute approximate surface area is 275 Å². The molecule has 2 heterocycles. The number of nitrogens with one attached hydrogen (secondary N) is 2. The molecule has 7 nitrogen and oxygen atoms in total. The lowest BCUT2D eigenvalue weighted by molar-refractivity contribution is -0.152. The van der Waals surface area contributed by atoms with Gasteiger partial charge in [-0.15, -0.1) is 0 Å². The van der Waals surface area contributed by atoms with E-state index in [0.717, 1.165) is 73.7 Å². The number of hydrogen-bond donors (Lipinski definition) is 3. The summed E-state index contributed by atoms with van der Waals surface area (Å²) in [5, 5.41) is 19.8. The van der Waals surface area contributed by atoms with Crippen LogP contribution >= 0.6 is 11.8 Å². The number of fused-ring (bicyclic) bond motifs is 6. The van der Waals surface area contributed by atoms with Crippen molar-refractivity contribution in [3.05, 3.63) is 11.6 Å². The number of esters is 1. The van der Waals surface area contributed by atoms with Crippen LogP contribution in [0.25, 0.3) is 0 Å². The molecule has 3 N–H and O–H groups in total. The van der Waals surface area contributed by atoms with Crippen molar-refractivity contribution < 1.29 is 19.5 Å². The molecular formula is C37H59N3O4S. The van der Waals surface area contributed by atoms with Crippen LogP contribution in [0, 0.1) is 46.3 Å². The first-order valence-electron chi connectivity index (χ1n) is 18.4. The average molecular weight is 642 g/mol. The highest BCUT2D eigenvalue weighted by molar-refractivity contribution is 8.00. The van der Waals surface area contributed by atoms with Gasteiger partial charge in [-0.2, -0.15) is 11.8 Å². The molecular weight excluding hydrogens is 582 g/mol. The van der Waals surface area contributed by atoms with Gasteiger partial charge >= 0.3 is 12.0 Å². The van der Waals surface area contributed by atoms with E-state index in [0.29, 0.717) is 35.5 Å². The van der Waals surface area contributed by atoms with E-state index in [9.17, 15) is 14.8 Å². The van der Waals surface area contributed by atoms with Crippen molar-refractivity contribution >= 4 is 29.5 Å². The number of oxime groups is 1. The normalized spacial score (nSPS) is 40.2. The summed E-state index contributed by atoms with van der Waals surface area (Å²) in [4.78, 5) is 24.9. The largest absolute Gasteiger partial charge is 0.465 e. The van der Waals surface area contributed by atoms with Crippen molar-refractivity contribution in [2.75, 3.05) is 12.4 Å². The predicted molar refractivity (Wildman–Crippen MR) is 182 cm³/mol. The van der Waals surface area contributed by atoms with Gasteiger partial charge in [-0.05, 0) is 111 Å². The Morgan fingerprint density at radius 1 is 1.07 bits per heavy atom. The van der Waals surface area contributed by atoms with Crippen molar-refractivity contribution in [2.24, 2.45) is 51.5 Å². The Balaban J connectivity index is 1.07. The van der Waals surface area contributed by atoms with Gasteiger partial charge in [0.2, 0.25) is 0 Å². The first-order chi connectivity index (χ1) is 21.6. The van der Waals surface area contributed by atoms with Crippen LogP contribution in [0.4, 0.5) is 4.79 Å². The van der Waals surface area contributed by atoms with E-state index in [-0.39, 0.29) is 29.5 Å². The van der Waals surface area contributed by atoms with Gasteiger partial charge < -0.3 is 20.6 Å². The third-order valence-corrected chi connectivity index (χ3v) is 15.1. The smallest absolute Gasteiger partial charge is 0.315 e. The molecule has 6 rings (SSSR count).